The summed E-state index contributed by atoms with van der Waals surface area (Å²) < 4.78 is 15.0. The van der Waals surface area contributed by atoms with Crippen molar-refractivity contribution in [3.63, 3.8) is 0 Å². The third kappa shape index (κ3) is 7.56. The van der Waals surface area contributed by atoms with Crippen LogP contribution in [0, 0.1) is 0 Å². The van der Waals surface area contributed by atoms with Gasteiger partial charge in [0.05, 0.1) is 24.7 Å². The first kappa shape index (κ1) is 12.2. The molecule has 0 heterocycles. The molecule has 0 amide bonds. The molecule has 0 aliphatic rings. The minimum Gasteiger partial charge on any atom is -0.473 e. The standard InChI is InChI=1S/C10H18O3/c1-9(11-3)5-7-13-8-6-10(2)12-4/h5-10H,1-4H3. The molecule has 0 bridgehead atoms. The van der Waals surface area contributed by atoms with Gasteiger partial charge in [-0.2, -0.15) is 0 Å². The monoisotopic (exact) mass is 186 g/mol. The Morgan fingerprint density at radius 2 is 1.23 bits per heavy atom. The van der Waals surface area contributed by atoms with E-state index >= 15 is 0 Å². The summed E-state index contributed by atoms with van der Waals surface area (Å²) in [7, 11) is 3.30. The predicted molar refractivity (Wildman–Crippen MR) is 52.3 cm³/mol. The largest absolute Gasteiger partial charge is 0.473 e. The van der Waals surface area contributed by atoms with Crippen LogP contribution in [0.15, 0.2) is 24.7 Å². The Morgan fingerprint density at radius 3 is 1.54 bits per heavy atom. The molecule has 3 nitrogen and oxygen atoms in total. The van der Waals surface area contributed by atoms with E-state index in [1.165, 1.54) is 0 Å². The van der Waals surface area contributed by atoms with Crippen molar-refractivity contribution < 1.29 is 14.2 Å². The molecular weight excluding hydrogens is 168 g/mol. The number of hydrogen-bond acceptors (Lipinski definition) is 3. The lowest BCUT2D eigenvalue weighted by Crippen LogP contribution is -1.99. The van der Waals surface area contributed by atoms with Crippen molar-refractivity contribution >= 4 is 0 Å². The Bertz CT molecular complexity index is 146. The van der Waals surface area contributed by atoms with E-state index in [0.717, 1.165) is 0 Å². The van der Waals surface area contributed by atoms with Crippen LogP contribution in [0.25, 0.3) is 0 Å². The third-order valence-corrected chi connectivity index (χ3v) is 1.60. The number of rotatable bonds is 6. The maximum Gasteiger partial charge on any atom is 0.0887 e. The van der Waals surface area contributed by atoms with Gasteiger partial charge in [-0.1, -0.05) is 0 Å². The summed E-state index contributed by atoms with van der Waals surface area (Å²) in [6, 6.07) is 0. The fourth-order valence-corrected chi connectivity index (χ4v) is 0.515. The number of methoxy groups -OCH3 is 2. The van der Waals surface area contributed by atoms with Crippen molar-refractivity contribution in [2.45, 2.75) is 26.1 Å². The SMILES string of the molecule is COC(C)C=COC=CC(C)OC. The quantitative estimate of drug-likeness (QED) is 0.594. The smallest absolute Gasteiger partial charge is 0.0887 e. The average Bonchev–Trinajstić information content (AvgIpc) is 2.16. The maximum absolute atomic E-state index is 5.06. The highest BCUT2D eigenvalue weighted by molar-refractivity contribution is 4.86. The van der Waals surface area contributed by atoms with Crippen LogP contribution < -0.4 is 0 Å². The highest BCUT2D eigenvalue weighted by atomic mass is 16.5. The Balaban J connectivity index is 3.54. The van der Waals surface area contributed by atoms with Gasteiger partial charge in [0, 0.05) is 14.2 Å². The van der Waals surface area contributed by atoms with Gasteiger partial charge in [-0.05, 0) is 26.0 Å². The summed E-state index contributed by atoms with van der Waals surface area (Å²) in [5.41, 5.74) is 0. The Labute approximate surface area is 80.0 Å². The van der Waals surface area contributed by atoms with E-state index in [2.05, 4.69) is 0 Å². The van der Waals surface area contributed by atoms with Gasteiger partial charge in [-0.25, -0.2) is 0 Å². The van der Waals surface area contributed by atoms with Gasteiger partial charge in [0.25, 0.3) is 0 Å². The summed E-state index contributed by atoms with van der Waals surface area (Å²) in [6.45, 7) is 3.86. The van der Waals surface area contributed by atoms with E-state index in [-0.39, 0.29) is 12.2 Å². The van der Waals surface area contributed by atoms with E-state index in [1.54, 1.807) is 26.7 Å². The van der Waals surface area contributed by atoms with Crippen molar-refractivity contribution in [1.29, 1.82) is 0 Å². The molecule has 0 radical (unpaired) electrons. The van der Waals surface area contributed by atoms with Gasteiger partial charge in [-0.15, -0.1) is 0 Å². The molecule has 0 aliphatic carbocycles. The van der Waals surface area contributed by atoms with Gasteiger partial charge in [0.1, 0.15) is 0 Å². The number of hydrogen-bond donors (Lipinski definition) is 0. The minimum atomic E-state index is 0.0771. The summed E-state index contributed by atoms with van der Waals surface area (Å²) in [5, 5.41) is 0. The van der Waals surface area contributed by atoms with Gasteiger partial charge >= 0.3 is 0 Å². The van der Waals surface area contributed by atoms with Crippen LogP contribution in [0.1, 0.15) is 13.8 Å². The Morgan fingerprint density at radius 1 is 0.846 bits per heavy atom. The molecule has 13 heavy (non-hydrogen) atoms. The van der Waals surface area contributed by atoms with Crippen molar-refractivity contribution in [3.05, 3.63) is 24.7 Å². The molecular formula is C10H18O3. The van der Waals surface area contributed by atoms with E-state index in [1.807, 2.05) is 26.0 Å². The molecule has 3 heteroatoms. The topological polar surface area (TPSA) is 27.7 Å². The second kappa shape index (κ2) is 7.83. The molecule has 0 aromatic rings. The van der Waals surface area contributed by atoms with Crippen LogP contribution in [0.4, 0.5) is 0 Å². The summed E-state index contributed by atoms with van der Waals surface area (Å²) >= 11 is 0. The van der Waals surface area contributed by atoms with E-state index in [0.29, 0.717) is 0 Å². The van der Waals surface area contributed by atoms with Gasteiger partial charge in [0.15, 0.2) is 0 Å². The van der Waals surface area contributed by atoms with Gasteiger partial charge in [0.2, 0.25) is 0 Å². The van der Waals surface area contributed by atoms with Crippen LogP contribution >= 0.6 is 0 Å². The predicted octanol–water partition coefficient (Wildman–Crippen LogP) is 2.10. The normalized spacial score (nSPS) is 16.6. The number of ether oxygens (including phenoxy) is 3. The fourth-order valence-electron chi connectivity index (χ4n) is 0.515. The molecule has 76 valence electrons. The van der Waals surface area contributed by atoms with Gasteiger partial charge < -0.3 is 14.2 Å². The molecule has 2 atom stereocenters. The Hall–Kier alpha value is -0.800. The fraction of sp³-hybridized carbons (Fsp3) is 0.600. The summed E-state index contributed by atoms with van der Waals surface area (Å²) in [4.78, 5) is 0. The van der Waals surface area contributed by atoms with Crippen molar-refractivity contribution in [2.75, 3.05) is 14.2 Å². The first-order valence-electron chi connectivity index (χ1n) is 4.25. The first-order chi connectivity index (χ1) is 6.20. The van der Waals surface area contributed by atoms with Crippen LogP contribution in [-0.2, 0) is 14.2 Å². The summed E-state index contributed by atoms with van der Waals surface area (Å²) in [6.07, 6.45) is 6.98. The molecule has 0 aliphatic heterocycles. The first-order valence-corrected chi connectivity index (χ1v) is 4.25. The lowest BCUT2D eigenvalue weighted by Gasteiger charge is -2.02. The van der Waals surface area contributed by atoms with Gasteiger partial charge in [-0.3, -0.25) is 0 Å². The highest BCUT2D eigenvalue weighted by Gasteiger charge is 1.90. The minimum absolute atomic E-state index is 0.0771. The van der Waals surface area contributed by atoms with Crippen molar-refractivity contribution in [3.8, 4) is 0 Å². The van der Waals surface area contributed by atoms with Crippen LogP contribution in [0.5, 0.6) is 0 Å². The maximum atomic E-state index is 5.06. The molecule has 2 unspecified atom stereocenters. The van der Waals surface area contributed by atoms with Crippen LogP contribution in [-0.4, -0.2) is 26.4 Å². The molecule has 0 rings (SSSR count). The zero-order chi connectivity index (χ0) is 10.1. The Kier molecular flexibility index (Phi) is 7.35. The van der Waals surface area contributed by atoms with E-state index in [4.69, 9.17) is 14.2 Å². The van der Waals surface area contributed by atoms with Crippen molar-refractivity contribution in [2.24, 2.45) is 0 Å². The van der Waals surface area contributed by atoms with E-state index < -0.39 is 0 Å². The van der Waals surface area contributed by atoms with Crippen molar-refractivity contribution in [1.82, 2.24) is 0 Å². The van der Waals surface area contributed by atoms with Crippen LogP contribution in [0.2, 0.25) is 0 Å². The second-order valence-corrected chi connectivity index (χ2v) is 2.67. The molecule has 0 saturated heterocycles. The average molecular weight is 186 g/mol. The second-order valence-electron chi connectivity index (χ2n) is 2.67. The molecule has 0 N–H and O–H groups in total. The highest BCUT2D eigenvalue weighted by Crippen LogP contribution is 1.93. The zero-order valence-corrected chi connectivity index (χ0v) is 8.69. The molecule has 0 fully saturated rings. The molecule has 0 saturated carbocycles. The molecule has 0 aromatic carbocycles. The molecule has 0 aromatic heterocycles. The zero-order valence-electron chi connectivity index (χ0n) is 8.69. The summed E-state index contributed by atoms with van der Waals surface area (Å²) in [5.74, 6) is 0. The van der Waals surface area contributed by atoms with E-state index in [9.17, 15) is 0 Å². The lowest BCUT2D eigenvalue weighted by molar-refractivity contribution is 0.151. The van der Waals surface area contributed by atoms with Crippen LogP contribution in [0.3, 0.4) is 0 Å². The molecule has 0 spiro atoms. The lowest BCUT2D eigenvalue weighted by atomic mass is 10.4. The third-order valence-electron chi connectivity index (χ3n) is 1.60.